The molecule has 1 aliphatic heterocycles. The quantitative estimate of drug-likeness (QED) is 0.0407. The van der Waals surface area contributed by atoms with Crippen molar-refractivity contribution in [2.24, 2.45) is 0 Å². The Morgan fingerprint density at radius 3 is 2.42 bits per heavy atom. The van der Waals surface area contributed by atoms with E-state index < -0.39 is 22.7 Å². The summed E-state index contributed by atoms with van der Waals surface area (Å²) >= 11 is 18.0. The van der Waals surface area contributed by atoms with Crippen LogP contribution < -0.4 is 4.90 Å². The second kappa shape index (κ2) is 11.7. The Bertz CT molecular complexity index is 1680. The summed E-state index contributed by atoms with van der Waals surface area (Å²) in [4.78, 5) is 38.5. The number of nitro groups is 1. The van der Waals surface area contributed by atoms with Crippen LogP contribution in [0.1, 0.15) is 22.7 Å². The van der Waals surface area contributed by atoms with Gasteiger partial charge in [0.15, 0.2) is 4.34 Å². The maximum atomic E-state index is 13.3. The topological polar surface area (TPSA) is 127 Å². The number of nitrogens with zero attached hydrogens (tertiary/aromatic N) is 4. The number of hydrogen-bond donors (Lipinski definition) is 1. The van der Waals surface area contributed by atoms with E-state index in [0.717, 1.165) is 26.3 Å². The van der Waals surface area contributed by atoms with Crippen molar-refractivity contribution < 1.29 is 19.6 Å². The van der Waals surface area contributed by atoms with Gasteiger partial charge in [-0.1, -0.05) is 80.4 Å². The number of aliphatic hydroxyl groups is 1. The van der Waals surface area contributed by atoms with Crippen molar-refractivity contribution in [2.75, 3.05) is 4.90 Å². The molecule has 1 N–H and O–H groups in total. The Morgan fingerprint density at radius 1 is 1.07 bits per heavy atom. The van der Waals surface area contributed by atoms with Crippen molar-refractivity contribution in [1.82, 2.24) is 10.2 Å². The number of hydrogen-bond acceptors (Lipinski definition) is 9. The van der Waals surface area contributed by atoms with Crippen molar-refractivity contribution in [3.05, 3.63) is 114 Å². The number of rotatable bonds is 7. The van der Waals surface area contributed by atoms with Gasteiger partial charge in [0.25, 0.3) is 11.5 Å². The molecule has 1 aromatic heterocycles. The van der Waals surface area contributed by atoms with Gasteiger partial charge in [-0.25, -0.2) is 0 Å². The number of amides is 1. The highest BCUT2D eigenvalue weighted by atomic mass is 79.9. The molecule has 0 saturated carbocycles. The molecule has 5 rings (SSSR count). The molecule has 1 saturated heterocycles. The number of nitro benzene ring substituents is 1. The lowest BCUT2D eigenvalue weighted by molar-refractivity contribution is -0.384. The van der Waals surface area contributed by atoms with Crippen LogP contribution in [0.4, 0.5) is 10.8 Å². The zero-order chi connectivity index (χ0) is 28.6. The van der Waals surface area contributed by atoms with E-state index in [9.17, 15) is 24.8 Å². The lowest BCUT2D eigenvalue weighted by Crippen LogP contribution is -2.29. The van der Waals surface area contributed by atoms with Gasteiger partial charge < -0.3 is 5.11 Å². The summed E-state index contributed by atoms with van der Waals surface area (Å²) in [5.74, 6) is -1.75. The minimum absolute atomic E-state index is 0.130. The van der Waals surface area contributed by atoms with Gasteiger partial charge in [-0.05, 0) is 47.5 Å². The smallest absolute Gasteiger partial charge is 0.301 e. The van der Waals surface area contributed by atoms with E-state index in [1.807, 2.05) is 0 Å². The predicted octanol–water partition coefficient (Wildman–Crippen LogP) is 7.43. The summed E-state index contributed by atoms with van der Waals surface area (Å²) in [6, 6.07) is 16.1. The molecule has 9 nitrogen and oxygen atoms in total. The van der Waals surface area contributed by atoms with Crippen LogP contribution >= 0.6 is 62.2 Å². The molecule has 1 atom stereocenters. The summed E-state index contributed by atoms with van der Waals surface area (Å²) in [6.07, 6.45) is 0. The van der Waals surface area contributed by atoms with E-state index in [-0.39, 0.29) is 22.2 Å². The van der Waals surface area contributed by atoms with Crippen LogP contribution in [0, 0.1) is 10.1 Å². The number of ketones is 1. The molecule has 202 valence electrons. The number of carbonyl (C=O) groups excluding carboxylic acids is 2. The van der Waals surface area contributed by atoms with E-state index in [1.165, 1.54) is 36.0 Å². The Balaban J connectivity index is 1.54. The first-order valence-corrected chi connectivity index (χ1v) is 14.7. The molecule has 2 heterocycles. The van der Waals surface area contributed by atoms with Gasteiger partial charge in [0.1, 0.15) is 5.76 Å². The van der Waals surface area contributed by atoms with Gasteiger partial charge >= 0.3 is 5.91 Å². The zero-order valence-corrected chi connectivity index (χ0v) is 24.7. The molecule has 14 heteroatoms. The SMILES string of the molecule is O=C1C(=O)N(c2nnc(SCc3ccc(Cl)cc3Cl)s2)C(c2ccc([N+](=O)[O-])cc2)/C1=C(/O)c1ccc(Br)cc1. The summed E-state index contributed by atoms with van der Waals surface area (Å²) in [5.41, 5.74) is 1.19. The average molecular weight is 678 g/mol. The van der Waals surface area contributed by atoms with E-state index in [2.05, 4.69) is 26.1 Å². The Kier molecular flexibility index (Phi) is 8.24. The number of aromatic nitrogens is 2. The second-order valence-corrected chi connectivity index (χ2v) is 12.3. The van der Waals surface area contributed by atoms with Gasteiger partial charge in [-0.15, -0.1) is 10.2 Å². The Hall–Kier alpha value is -3.29. The maximum Gasteiger partial charge on any atom is 0.301 e. The number of benzene rings is 3. The molecule has 1 fully saturated rings. The van der Waals surface area contributed by atoms with Crippen molar-refractivity contribution in [2.45, 2.75) is 16.1 Å². The molecule has 3 aromatic carbocycles. The first-order chi connectivity index (χ1) is 19.1. The second-order valence-electron chi connectivity index (χ2n) is 8.40. The standard InChI is InChI=1S/C26H15BrCl2N4O5S2/c27-16-6-1-14(2-7-16)22(34)20-21(13-4-9-18(10-5-13)33(37)38)32(24(36)23(20)35)25-30-31-26(40-25)39-12-15-3-8-17(28)11-19(15)29/h1-11,21,34H,12H2/b22-20-. The molecule has 1 aliphatic rings. The number of thioether (sulfide) groups is 1. The number of anilines is 1. The van der Waals surface area contributed by atoms with Crippen LogP contribution in [0.3, 0.4) is 0 Å². The molecule has 0 spiro atoms. The predicted molar refractivity (Wildman–Crippen MR) is 158 cm³/mol. The average Bonchev–Trinajstić information content (AvgIpc) is 3.50. The minimum Gasteiger partial charge on any atom is -0.507 e. The third kappa shape index (κ3) is 5.63. The van der Waals surface area contributed by atoms with E-state index >= 15 is 0 Å². The highest BCUT2D eigenvalue weighted by Crippen LogP contribution is 2.44. The lowest BCUT2D eigenvalue weighted by Gasteiger charge is -2.22. The van der Waals surface area contributed by atoms with Crippen molar-refractivity contribution in [3.63, 3.8) is 0 Å². The molecule has 4 aromatic rings. The normalized spacial score (nSPS) is 16.5. The van der Waals surface area contributed by atoms with Crippen LogP contribution in [-0.2, 0) is 15.3 Å². The van der Waals surface area contributed by atoms with Crippen LogP contribution in [0.15, 0.2) is 81.1 Å². The molecule has 40 heavy (non-hydrogen) atoms. The van der Waals surface area contributed by atoms with Gasteiger partial charge in [0.05, 0.1) is 16.5 Å². The summed E-state index contributed by atoms with van der Waals surface area (Å²) in [5, 5.41) is 31.9. The van der Waals surface area contributed by atoms with Gasteiger partial charge in [-0.3, -0.25) is 24.6 Å². The molecular weight excluding hydrogens is 663 g/mol. The summed E-state index contributed by atoms with van der Waals surface area (Å²) < 4.78 is 1.27. The highest BCUT2D eigenvalue weighted by molar-refractivity contribution is 9.10. The zero-order valence-electron chi connectivity index (χ0n) is 20.0. The van der Waals surface area contributed by atoms with Gasteiger partial charge in [0.2, 0.25) is 5.13 Å². The van der Waals surface area contributed by atoms with Crippen LogP contribution in [-0.4, -0.2) is 31.9 Å². The van der Waals surface area contributed by atoms with Crippen molar-refractivity contribution in [3.8, 4) is 0 Å². The molecule has 0 aliphatic carbocycles. The minimum atomic E-state index is -1.10. The number of halogens is 3. The van der Waals surface area contributed by atoms with Gasteiger partial charge in [0, 0.05) is 38.0 Å². The first-order valence-electron chi connectivity index (χ1n) is 11.4. The fraction of sp³-hybridized carbons (Fsp3) is 0.0769. The number of aliphatic hydroxyl groups excluding tert-OH is 1. The third-order valence-electron chi connectivity index (χ3n) is 5.95. The molecule has 1 amide bonds. The number of Topliss-reactive ketones (excluding diaryl/α,β-unsaturated/α-hetero) is 1. The molecule has 1 unspecified atom stereocenters. The highest BCUT2D eigenvalue weighted by Gasteiger charge is 2.48. The van der Waals surface area contributed by atoms with Gasteiger partial charge in [-0.2, -0.15) is 0 Å². The monoisotopic (exact) mass is 676 g/mol. The summed E-state index contributed by atoms with van der Waals surface area (Å²) in [6.45, 7) is 0. The molecule has 0 bridgehead atoms. The Labute approximate surface area is 253 Å². The van der Waals surface area contributed by atoms with E-state index in [4.69, 9.17) is 23.2 Å². The first kappa shape index (κ1) is 28.2. The van der Waals surface area contributed by atoms with E-state index in [0.29, 0.717) is 31.3 Å². The van der Waals surface area contributed by atoms with Crippen LogP contribution in [0.5, 0.6) is 0 Å². The fourth-order valence-electron chi connectivity index (χ4n) is 4.02. The molecule has 0 radical (unpaired) electrons. The molecular formula is C26H15BrCl2N4O5S2. The largest absolute Gasteiger partial charge is 0.507 e. The van der Waals surface area contributed by atoms with Crippen LogP contribution in [0.2, 0.25) is 10.0 Å². The Morgan fingerprint density at radius 2 is 1.77 bits per heavy atom. The third-order valence-corrected chi connectivity index (χ3v) is 9.17. The number of non-ortho nitro benzene ring substituents is 1. The van der Waals surface area contributed by atoms with Crippen molar-refractivity contribution >= 4 is 90.5 Å². The lowest BCUT2D eigenvalue weighted by atomic mass is 9.95. The van der Waals surface area contributed by atoms with Crippen molar-refractivity contribution in [1.29, 1.82) is 0 Å². The fourth-order valence-corrected chi connectivity index (χ4v) is 6.71. The van der Waals surface area contributed by atoms with E-state index in [1.54, 1.807) is 42.5 Å². The van der Waals surface area contributed by atoms with Crippen LogP contribution in [0.25, 0.3) is 5.76 Å². The number of carbonyl (C=O) groups is 2. The summed E-state index contributed by atoms with van der Waals surface area (Å²) in [7, 11) is 0. The maximum absolute atomic E-state index is 13.3.